The minimum atomic E-state index is -2.26. The van der Waals surface area contributed by atoms with Crippen LogP contribution in [0.5, 0.6) is 0 Å². The minimum absolute atomic E-state index is 0.118. The van der Waals surface area contributed by atoms with E-state index >= 15 is 0 Å². The lowest BCUT2D eigenvalue weighted by Gasteiger charge is -2.24. The van der Waals surface area contributed by atoms with E-state index in [1.54, 1.807) is 0 Å². The Morgan fingerprint density at radius 2 is 1.22 bits per heavy atom. The fourth-order valence-corrected chi connectivity index (χ4v) is 3.03. The van der Waals surface area contributed by atoms with Gasteiger partial charge in [0.1, 0.15) is 0 Å². The van der Waals surface area contributed by atoms with Gasteiger partial charge in [0, 0.05) is 11.8 Å². The molecular formula is C29H41NO7. The molecule has 1 aromatic carbocycles. The summed E-state index contributed by atoms with van der Waals surface area (Å²) in [6.45, 7) is 6.35. The number of nitrogens with zero attached hydrogens (tertiary/aromatic N) is 1. The van der Waals surface area contributed by atoms with Gasteiger partial charge in [0.25, 0.3) is 0 Å². The standard InChI is InChI=1S/C18H32O7.C11H9N/c1-4-7-10-23-15(19)13-18(22,17(21)25-12-9-6-3)14-16(20)24-11-8-5-2;1-2-6-10(7-3-1)11-8-4-5-9-12-11/h22H,4-14H2,1-3H3;1-9H. The van der Waals surface area contributed by atoms with Crippen molar-refractivity contribution < 1.29 is 33.7 Å². The molecule has 0 unspecified atom stereocenters. The zero-order valence-electron chi connectivity index (χ0n) is 22.3. The van der Waals surface area contributed by atoms with E-state index < -0.39 is 36.4 Å². The topological polar surface area (TPSA) is 112 Å². The Morgan fingerprint density at radius 1 is 0.730 bits per heavy atom. The number of aliphatic hydroxyl groups is 1. The van der Waals surface area contributed by atoms with Crippen LogP contribution in [0.3, 0.4) is 0 Å². The van der Waals surface area contributed by atoms with Gasteiger partial charge in [0.2, 0.25) is 0 Å². The summed E-state index contributed by atoms with van der Waals surface area (Å²) in [6.07, 6.45) is 5.04. The van der Waals surface area contributed by atoms with Crippen molar-refractivity contribution in [2.45, 2.75) is 77.7 Å². The fourth-order valence-electron chi connectivity index (χ4n) is 3.03. The van der Waals surface area contributed by atoms with Crippen molar-refractivity contribution in [3.05, 3.63) is 54.7 Å². The second-order valence-corrected chi connectivity index (χ2v) is 8.60. The molecule has 0 spiro atoms. The lowest BCUT2D eigenvalue weighted by Crippen LogP contribution is -2.45. The molecular weight excluding hydrogens is 474 g/mol. The van der Waals surface area contributed by atoms with Crippen LogP contribution < -0.4 is 0 Å². The van der Waals surface area contributed by atoms with Crippen molar-refractivity contribution in [2.24, 2.45) is 0 Å². The summed E-state index contributed by atoms with van der Waals surface area (Å²) in [6, 6.07) is 16.1. The molecule has 0 radical (unpaired) electrons. The zero-order chi connectivity index (χ0) is 27.4. The number of aromatic nitrogens is 1. The van der Waals surface area contributed by atoms with Gasteiger partial charge in [-0.15, -0.1) is 0 Å². The minimum Gasteiger partial charge on any atom is -0.466 e. The van der Waals surface area contributed by atoms with Gasteiger partial charge in [-0.1, -0.05) is 76.4 Å². The Morgan fingerprint density at radius 3 is 1.68 bits per heavy atom. The lowest BCUT2D eigenvalue weighted by molar-refractivity contribution is -0.178. The molecule has 0 aliphatic heterocycles. The normalized spacial score (nSPS) is 10.6. The molecule has 2 aromatic rings. The zero-order valence-corrected chi connectivity index (χ0v) is 22.3. The van der Waals surface area contributed by atoms with Crippen molar-refractivity contribution in [2.75, 3.05) is 19.8 Å². The van der Waals surface area contributed by atoms with Gasteiger partial charge in [-0.05, 0) is 31.4 Å². The van der Waals surface area contributed by atoms with Gasteiger partial charge in [0.05, 0.1) is 38.4 Å². The highest BCUT2D eigenvalue weighted by molar-refractivity contribution is 5.90. The van der Waals surface area contributed by atoms with E-state index in [-0.39, 0.29) is 19.8 Å². The molecule has 0 amide bonds. The van der Waals surface area contributed by atoms with Gasteiger partial charge in [-0.2, -0.15) is 0 Å². The first-order chi connectivity index (χ1) is 17.9. The van der Waals surface area contributed by atoms with Gasteiger partial charge in [0.15, 0.2) is 5.60 Å². The number of rotatable bonds is 15. The molecule has 0 saturated carbocycles. The molecule has 8 nitrogen and oxygen atoms in total. The third-order valence-electron chi connectivity index (χ3n) is 5.24. The second kappa shape index (κ2) is 18.9. The number of hydrogen-bond donors (Lipinski definition) is 1. The first kappa shape index (κ1) is 31.8. The van der Waals surface area contributed by atoms with E-state index in [1.165, 1.54) is 0 Å². The van der Waals surface area contributed by atoms with Crippen LogP contribution in [0.2, 0.25) is 0 Å². The van der Waals surface area contributed by atoms with Crippen LogP contribution in [0.4, 0.5) is 0 Å². The number of benzene rings is 1. The number of carbonyl (C=O) groups excluding carboxylic acids is 3. The van der Waals surface area contributed by atoms with Crippen molar-refractivity contribution in [1.29, 1.82) is 0 Å². The Balaban J connectivity index is 0.000000466. The first-order valence-electron chi connectivity index (χ1n) is 13.0. The third-order valence-corrected chi connectivity index (χ3v) is 5.24. The first-order valence-corrected chi connectivity index (χ1v) is 13.0. The summed E-state index contributed by atoms with van der Waals surface area (Å²) in [4.78, 5) is 40.2. The summed E-state index contributed by atoms with van der Waals surface area (Å²) in [5.74, 6) is -2.49. The molecule has 0 aliphatic rings. The smallest absolute Gasteiger partial charge is 0.339 e. The summed E-state index contributed by atoms with van der Waals surface area (Å²) in [5.41, 5.74) is -0.0726. The van der Waals surface area contributed by atoms with Crippen LogP contribution in [0.1, 0.15) is 72.1 Å². The molecule has 0 aliphatic carbocycles. The van der Waals surface area contributed by atoms with Gasteiger partial charge in [-0.3, -0.25) is 14.6 Å². The molecule has 2 rings (SSSR count). The van der Waals surface area contributed by atoms with Crippen molar-refractivity contribution in [3.8, 4) is 11.3 Å². The summed E-state index contributed by atoms with van der Waals surface area (Å²) >= 11 is 0. The van der Waals surface area contributed by atoms with Crippen LogP contribution in [0.15, 0.2) is 54.7 Å². The van der Waals surface area contributed by atoms with Crippen LogP contribution in [0.25, 0.3) is 11.3 Å². The Kier molecular flexibility index (Phi) is 16.3. The number of ether oxygens (including phenoxy) is 3. The quantitative estimate of drug-likeness (QED) is 0.194. The summed E-state index contributed by atoms with van der Waals surface area (Å²) in [5, 5.41) is 10.6. The monoisotopic (exact) mass is 515 g/mol. The van der Waals surface area contributed by atoms with E-state index in [9.17, 15) is 19.5 Å². The molecule has 204 valence electrons. The average molecular weight is 516 g/mol. The molecule has 0 atom stereocenters. The number of esters is 3. The Labute approximate surface area is 220 Å². The maximum absolute atomic E-state index is 12.2. The molecule has 8 heteroatoms. The fraction of sp³-hybridized carbons (Fsp3) is 0.517. The van der Waals surface area contributed by atoms with Gasteiger partial charge >= 0.3 is 17.9 Å². The highest BCUT2D eigenvalue weighted by atomic mass is 16.6. The van der Waals surface area contributed by atoms with Crippen molar-refractivity contribution in [1.82, 2.24) is 4.98 Å². The maximum Gasteiger partial charge on any atom is 0.339 e. The third kappa shape index (κ3) is 13.6. The van der Waals surface area contributed by atoms with Crippen LogP contribution in [-0.2, 0) is 28.6 Å². The molecule has 0 fully saturated rings. The van der Waals surface area contributed by atoms with Crippen LogP contribution >= 0.6 is 0 Å². The molecule has 1 N–H and O–H groups in total. The Bertz CT molecular complexity index is 841. The predicted molar refractivity (Wildman–Crippen MR) is 141 cm³/mol. The van der Waals surface area contributed by atoms with Crippen LogP contribution in [0, 0.1) is 0 Å². The molecule has 0 saturated heterocycles. The summed E-state index contributed by atoms with van der Waals surface area (Å²) in [7, 11) is 0. The Hall–Kier alpha value is -3.26. The van der Waals surface area contributed by atoms with Gasteiger partial charge in [-0.25, -0.2) is 4.79 Å². The highest BCUT2D eigenvalue weighted by Crippen LogP contribution is 2.20. The van der Waals surface area contributed by atoms with Gasteiger partial charge < -0.3 is 19.3 Å². The largest absolute Gasteiger partial charge is 0.466 e. The molecule has 1 heterocycles. The van der Waals surface area contributed by atoms with E-state index in [2.05, 4.69) is 17.1 Å². The maximum atomic E-state index is 12.2. The average Bonchev–Trinajstić information content (AvgIpc) is 2.90. The van der Waals surface area contributed by atoms with E-state index in [4.69, 9.17) is 14.2 Å². The lowest BCUT2D eigenvalue weighted by atomic mass is 9.95. The number of hydrogen-bond acceptors (Lipinski definition) is 8. The SMILES string of the molecule is CCCCOC(=O)CC(O)(CC(=O)OCCCC)C(=O)OCCCC.c1ccc(-c2ccccn2)cc1. The molecule has 37 heavy (non-hydrogen) atoms. The second-order valence-electron chi connectivity index (χ2n) is 8.60. The van der Waals surface area contributed by atoms with Crippen molar-refractivity contribution >= 4 is 17.9 Å². The predicted octanol–water partition coefficient (Wildman–Crippen LogP) is 5.28. The van der Waals surface area contributed by atoms with Crippen molar-refractivity contribution in [3.63, 3.8) is 0 Å². The van der Waals surface area contributed by atoms with Crippen LogP contribution in [-0.4, -0.2) is 53.4 Å². The molecule has 1 aromatic heterocycles. The highest BCUT2D eigenvalue weighted by Gasteiger charge is 2.43. The molecule has 0 bridgehead atoms. The van der Waals surface area contributed by atoms with E-state index in [0.29, 0.717) is 19.3 Å². The number of carbonyl (C=O) groups is 3. The number of unbranched alkanes of at least 4 members (excludes halogenated alkanes) is 3. The number of pyridine rings is 1. The van der Waals surface area contributed by atoms with E-state index in [0.717, 1.165) is 30.5 Å². The van der Waals surface area contributed by atoms with E-state index in [1.807, 2.05) is 63.4 Å². The summed E-state index contributed by atoms with van der Waals surface area (Å²) < 4.78 is 14.9.